The number of fused-ring (bicyclic) bond motifs is 3. The SMILES string of the molecule is CC1(C)CC(=O)C2C(=NC3=C(C(=O)c4ccccc43)[C@H]2c2ccc(O)c(O)c2)C1. The van der Waals surface area contributed by atoms with E-state index in [1.807, 2.05) is 18.2 Å². The average molecular weight is 387 g/mol. The van der Waals surface area contributed by atoms with E-state index in [2.05, 4.69) is 13.8 Å². The first-order valence-corrected chi connectivity index (χ1v) is 9.77. The standard InChI is InChI=1S/C24H21NO4/c1-24(2)10-15-20(18(28)11-24)19(12-7-8-16(26)17(27)9-12)21-22(25-15)13-5-3-4-6-14(13)23(21)29/h3-9,19-20,26-27H,10-11H2,1-2H3/t19-,20?/m0/s1. The number of ketones is 2. The van der Waals surface area contributed by atoms with Crippen molar-refractivity contribution in [3.05, 3.63) is 64.7 Å². The van der Waals surface area contributed by atoms with Gasteiger partial charge in [-0.25, -0.2) is 0 Å². The lowest BCUT2D eigenvalue weighted by molar-refractivity contribution is -0.124. The maximum atomic E-state index is 13.3. The summed E-state index contributed by atoms with van der Waals surface area (Å²) in [6, 6.07) is 11.9. The number of rotatable bonds is 1. The van der Waals surface area contributed by atoms with Crippen LogP contribution in [0.2, 0.25) is 0 Å². The molecule has 2 atom stereocenters. The van der Waals surface area contributed by atoms with Gasteiger partial charge in [-0.15, -0.1) is 0 Å². The molecule has 0 bridgehead atoms. The van der Waals surface area contributed by atoms with Gasteiger partial charge in [-0.1, -0.05) is 44.2 Å². The first-order valence-electron chi connectivity index (χ1n) is 9.77. The summed E-state index contributed by atoms with van der Waals surface area (Å²) in [4.78, 5) is 31.4. The van der Waals surface area contributed by atoms with E-state index in [0.29, 0.717) is 35.2 Å². The average Bonchev–Trinajstić information content (AvgIpc) is 2.94. The van der Waals surface area contributed by atoms with Crippen molar-refractivity contribution in [1.29, 1.82) is 0 Å². The molecule has 0 spiro atoms. The molecule has 2 aromatic rings. The third-order valence-electron chi connectivity index (χ3n) is 6.20. The molecule has 1 aliphatic heterocycles. The van der Waals surface area contributed by atoms with E-state index in [1.54, 1.807) is 12.1 Å². The Bertz CT molecular complexity index is 1160. The first kappa shape index (κ1) is 17.9. The lowest BCUT2D eigenvalue weighted by Gasteiger charge is -2.40. The lowest BCUT2D eigenvalue weighted by Crippen LogP contribution is -2.43. The number of benzene rings is 2. The Morgan fingerprint density at radius 2 is 1.66 bits per heavy atom. The highest BCUT2D eigenvalue weighted by atomic mass is 16.3. The van der Waals surface area contributed by atoms with Crippen LogP contribution in [0.15, 0.2) is 53.0 Å². The van der Waals surface area contributed by atoms with Gasteiger partial charge in [-0.05, 0) is 29.5 Å². The Labute approximate surface area is 168 Å². The van der Waals surface area contributed by atoms with E-state index in [4.69, 9.17) is 4.99 Å². The summed E-state index contributed by atoms with van der Waals surface area (Å²) in [5.74, 6) is -1.59. The molecule has 1 heterocycles. The number of hydrogen-bond donors (Lipinski definition) is 2. The van der Waals surface area contributed by atoms with E-state index in [1.165, 1.54) is 12.1 Å². The number of phenolic OH excluding ortho intramolecular Hbond substituents is 2. The first-order chi connectivity index (χ1) is 13.8. The molecule has 146 valence electrons. The van der Waals surface area contributed by atoms with E-state index < -0.39 is 11.8 Å². The van der Waals surface area contributed by atoms with Crippen LogP contribution in [0.25, 0.3) is 5.70 Å². The van der Waals surface area contributed by atoms with Gasteiger partial charge in [0.25, 0.3) is 0 Å². The molecule has 2 aliphatic carbocycles. The number of allylic oxidation sites excluding steroid dienone is 1. The summed E-state index contributed by atoms with van der Waals surface area (Å²) in [7, 11) is 0. The molecule has 2 aromatic carbocycles. The summed E-state index contributed by atoms with van der Waals surface area (Å²) < 4.78 is 0. The Hall–Kier alpha value is -3.21. The van der Waals surface area contributed by atoms with Crippen LogP contribution in [0.5, 0.6) is 11.5 Å². The van der Waals surface area contributed by atoms with Gasteiger partial charge in [-0.2, -0.15) is 0 Å². The Kier molecular flexibility index (Phi) is 3.63. The maximum Gasteiger partial charge on any atom is 0.192 e. The molecule has 5 rings (SSSR count). The molecule has 5 nitrogen and oxygen atoms in total. The van der Waals surface area contributed by atoms with Crippen molar-refractivity contribution in [2.45, 2.75) is 32.6 Å². The van der Waals surface area contributed by atoms with Crippen LogP contribution < -0.4 is 0 Å². The van der Waals surface area contributed by atoms with E-state index >= 15 is 0 Å². The van der Waals surface area contributed by atoms with Crippen LogP contribution in [0.3, 0.4) is 0 Å². The Morgan fingerprint density at radius 1 is 0.931 bits per heavy atom. The highest BCUT2D eigenvalue weighted by Crippen LogP contribution is 2.52. The van der Waals surface area contributed by atoms with E-state index in [-0.39, 0.29) is 28.5 Å². The predicted octanol–water partition coefficient (Wildman–Crippen LogP) is 4.25. The van der Waals surface area contributed by atoms with Crippen molar-refractivity contribution in [1.82, 2.24) is 0 Å². The zero-order valence-electron chi connectivity index (χ0n) is 16.3. The Balaban J connectivity index is 1.76. The molecule has 0 radical (unpaired) electrons. The van der Waals surface area contributed by atoms with Gasteiger partial charge in [0.1, 0.15) is 5.78 Å². The number of carbonyl (C=O) groups is 2. The van der Waals surface area contributed by atoms with Crippen LogP contribution in [0.4, 0.5) is 0 Å². The van der Waals surface area contributed by atoms with Crippen LogP contribution in [0, 0.1) is 11.3 Å². The van der Waals surface area contributed by atoms with E-state index in [0.717, 1.165) is 11.3 Å². The number of nitrogens with zero attached hydrogens (tertiary/aromatic N) is 1. The monoisotopic (exact) mass is 387 g/mol. The minimum atomic E-state index is -0.524. The minimum absolute atomic E-state index is 0.0628. The topological polar surface area (TPSA) is 87.0 Å². The van der Waals surface area contributed by atoms with Crippen molar-refractivity contribution in [3.63, 3.8) is 0 Å². The number of aromatic hydroxyl groups is 2. The number of aliphatic imine (C=N–C) groups is 1. The van der Waals surface area contributed by atoms with Crippen LogP contribution >= 0.6 is 0 Å². The van der Waals surface area contributed by atoms with Crippen molar-refractivity contribution < 1.29 is 19.8 Å². The second-order valence-electron chi connectivity index (χ2n) is 8.93. The van der Waals surface area contributed by atoms with Crippen molar-refractivity contribution in [3.8, 4) is 11.5 Å². The van der Waals surface area contributed by atoms with Crippen LogP contribution in [0.1, 0.15) is 54.1 Å². The molecule has 29 heavy (non-hydrogen) atoms. The molecule has 0 aromatic heterocycles. The molecule has 2 N–H and O–H groups in total. The summed E-state index contributed by atoms with van der Waals surface area (Å²) >= 11 is 0. The number of carbonyl (C=O) groups excluding carboxylic acids is 2. The molecule has 3 aliphatic rings. The van der Waals surface area contributed by atoms with Gasteiger partial charge in [0.2, 0.25) is 0 Å². The van der Waals surface area contributed by atoms with Gasteiger partial charge in [0, 0.05) is 34.8 Å². The van der Waals surface area contributed by atoms with E-state index in [9.17, 15) is 19.8 Å². The summed E-state index contributed by atoms with van der Waals surface area (Å²) in [6.45, 7) is 4.12. The van der Waals surface area contributed by atoms with Gasteiger partial charge in [-0.3, -0.25) is 14.6 Å². The third-order valence-corrected chi connectivity index (χ3v) is 6.20. The van der Waals surface area contributed by atoms with Gasteiger partial charge in [0.05, 0.1) is 11.6 Å². The molecule has 0 saturated heterocycles. The molecular weight excluding hydrogens is 366 g/mol. The number of Topliss-reactive ketones (excluding diaryl/α,β-unsaturated/α-hetero) is 2. The lowest BCUT2D eigenvalue weighted by atomic mass is 9.63. The second-order valence-corrected chi connectivity index (χ2v) is 8.93. The molecule has 1 unspecified atom stereocenters. The Morgan fingerprint density at radius 3 is 2.38 bits per heavy atom. The number of phenols is 2. The smallest absolute Gasteiger partial charge is 0.192 e. The molecule has 1 saturated carbocycles. The summed E-state index contributed by atoms with van der Waals surface area (Å²) in [5.41, 5.74) is 3.79. The predicted molar refractivity (Wildman–Crippen MR) is 109 cm³/mol. The van der Waals surface area contributed by atoms with Crippen LogP contribution in [-0.4, -0.2) is 27.5 Å². The fourth-order valence-corrected chi connectivity index (χ4v) is 5.02. The number of hydrogen-bond acceptors (Lipinski definition) is 5. The van der Waals surface area contributed by atoms with Gasteiger partial charge >= 0.3 is 0 Å². The molecule has 5 heteroatoms. The molecule has 0 amide bonds. The fourth-order valence-electron chi connectivity index (χ4n) is 5.02. The van der Waals surface area contributed by atoms with Gasteiger partial charge in [0.15, 0.2) is 17.3 Å². The summed E-state index contributed by atoms with van der Waals surface area (Å²) in [5, 5.41) is 19.8. The maximum absolute atomic E-state index is 13.3. The summed E-state index contributed by atoms with van der Waals surface area (Å²) in [6.07, 6.45) is 1.10. The van der Waals surface area contributed by atoms with Crippen molar-refractivity contribution >= 4 is 23.0 Å². The fraction of sp³-hybridized carbons (Fsp3) is 0.292. The van der Waals surface area contributed by atoms with Crippen LogP contribution in [-0.2, 0) is 4.79 Å². The quantitative estimate of drug-likeness (QED) is 0.716. The van der Waals surface area contributed by atoms with Gasteiger partial charge < -0.3 is 10.2 Å². The largest absolute Gasteiger partial charge is 0.504 e. The minimum Gasteiger partial charge on any atom is -0.504 e. The van der Waals surface area contributed by atoms with Crippen molar-refractivity contribution in [2.24, 2.45) is 16.3 Å². The zero-order chi connectivity index (χ0) is 20.5. The second kappa shape index (κ2) is 5.89. The highest BCUT2D eigenvalue weighted by Gasteiger charge is 2.50. The van der Waals surface area contributed by atoms with Crippen molar-refractivity contribution in [2.75, 3.05) is 0 Å². The molecule has 1 fully saturated rings. The highest BCUT2D eigenvalue weighted by molar-refractivity contribution is 6.25. The zero-order valence-corrected chi connectivity index (χ0v) is 16.3. The normalized spacial score (nSPS) is 24.7. The molecular formula is C24H21NO4. The third kappa shape index (κ3) is 2.57.